The van der Waals surface area contributed by atoms with Crippen LogP contribution in [0.4, 0.5) is 11.4 Å². The van der Waals surface area contributed by atoms with Gasteiger partial charge in [0, 0.05) is 18.8 Å². The fourth-order valence-electron chi connectivity index (χ4n) is 4.08. The zero-order valence-corrected chi connectivity index (χ0v) is 16.3. The van der Waals surface area contributed by atoms with Gasteiger partial charge in [0.05, 0.1) is 23.6 Å². The number of carbonyl (C=O) groups is 2. The van der Waals surface area contributed by atoms with Crippen LogP contribution >= 0.6 is 0 Å². The molecular formula is C22H26N4O2. The number of piperidine rings is 1. The van der Waals surface area contributed by atoms with Crippen LogP contribution in [0.5, 0.6) is 0 Å². The van der Waals surface area contributed by atoms with Gasteiger partial charge in [-0.2, -0.15) is 0 Å². The SMILES string of the molecule is CCN1CC(C(=O)Nc2ccc(C)cc2)C2NN(c3ccccc3)C(=O)C2C1. The van der Waals surface area contributed by atoms with E-state index in [2.05, 4.69) is 22.6 Å². The van der Waals surface area contributed by atoms with E-state index in [1.165, 1.54) is 0 Å². The molecule has 146 valence electrons. The lowest BCUT2D eigenvalue weighted by atomic mass is 9.84. The van der Waals surface area contributed by atoms with Gasteiger partial charge in [-0.15, -0.1) is 0 Å². The van der Waals surface area contributed by atoms with Crippen LogP contribution in [0, 0.1) is 18.8 Å². The number of hydrogen-bond donors (Lipinski definition) is 2. The summed E-state index contributed by atoms with van der Waals surface area (Å²) in [6.07, 6.45) is 0. The number of hydrogen-bond acceptors (Lipinski definition) is 4. The smallest absolute Gasteiger partial charge is 0.247 e. The Bertz CT molecular complexity index is 853. The molecule has 0 saturated carbocycles. The highest BCUT2D eigenvalue weighted by atomic mass is 16.2. The first-order valence-corrected chi connectivity index (χ1v) is 9.82. The van der Waals surface area contributed by atoms with E-state index in [1.54, 1.807) is 5.01 Å². The third kappa shape index (κ3) is 3.53. The van der Waals surface area contributed by atoms with Crippen LogP contribution in [0.15, 0.2) is 54.6 Å². The Hall–Kier alpha value is -2.70. The fourth-order valence-corrected chi connectivity index (χ4v) is 4.08. The maximum atomic E-state index is 13.1. The van der Waals surface area contributed by atoms with Gasteiger partial charge >= 0.3 is 0 Å². The van der Waals surface area contributed by atoms with Crippen molar-refractivity contribution in [1.82, 2.24) is 10.3 Å². The quantitative estimate of drug-likeness (QED) is 0.858. The second kappa shape index (κ2) is 7.73. The van der Waals surface area contributed by atoms with Gasteiger partial charge < -0.3 is 10.2 Å². The van der Waals surface area contributed by atoms with Crippen LogP contribution in [0.1, 0.15) is 12.5 Å². The molecule has 0 aliphatic carbocycles. The predicted molar refractivity (Wildman–Crippen MR) is 110 cm³/mol. The molecule has 0 aromatic heterocycles. The van der Waals surface area contributed by atoms with Crippen LogP contribution < -0.4 is 15.8 Å². The van der Waals surface area contributed by atoms with E-state index in [0.717, 1.165) is 23.5 Å². The number of carbonyl (C=O) groups excluding carboxylic acids is 2. The summed E-state index contributed by atoms with van der Waals surface area (Å²) in [5.41, 5.74) is 6.06. The molecular weight excluding hydrogens is 352 g/mol. The number of nitrogens with zero attached hydrogens (tertiary/aromatic N) is 2. The molecule has 0 radical (unpaired) electrons. The van der Waals surface area contributed by atoms with Gasteiger partial charge in [-0.1, -0.05) is 42.8 Å². The Labute approximate surface area is 165 Å². The highest BCUT2D eigenvalue weighted by Crippen LogP contribution is 2.32. The maximum Gasteiger partial charge on any atom is 0.247 e. The van der Waals surface area contributed by atoms with E-state index in [-0.39, 0.29) is 29.7 Å². The first-order valence-electron chi connectivity index (χ1n) is 9.82. The number of rotatable bonds is 4. The zero-order chi connectivity index (χ0) is 19.7. The Morgan fingerprint density at radius 2 is 1.82 bits per heavy atom. The predicted octanol–water partition coefficient (Wildman–Crippen LogP) is 2.42. The van der Waals surface area contributed by atoms with Gasteiger partial charge in [-0.3, -0.25) is 9.59 Å². The fraction of sp³-hybridized carbons (Fsp3) is 0.364. The molecule has 3 atom stereocenters. The average molecular weight is 378 g/mol. The van der Waals surface area contributed by atoms with Crippen LogP contribution in [0.2, 0.25) is 0 Å². The van der Waals surface area contributed by atoms with Gasteiger partial charge in [0.15, 0.2) is 0 Å². The van der Waals surface area contributed by atoms with Gasteiger partial charge in [-0.05, 0) is 37.7 Å². The zero-order valence-electron chi connectivity index (χ0n) is 16.3. The number of para-hydroxylation sites is 1. The second-order valence-electron chi connectivity index (χ2n) is 7.58. The summed E-state index contributed by atoms with van der Waals surface area (Å²) in [6, 6.07) is 17.1. The molecule has 2 aliphatic rings. The molecule has 2 heterocycles. The van der Waals surface area contributed by atoms with E-state index >= 15 is 0 Å². The van der Waals surface area contributed by atoms with E-state index in [9.17, 15) is 9.59 Å². The summed E-state index contributed by atoms with van der Waals surface area (Å²) in [6.45, 7) is 6.21. The second-order valence-corrected chi connectivity index (χ2v) is 7.58. The van der Waals surface area contributed by atoms with Crippen molar-refractivity contribution in [2.24, 2.45) is 11.8 Å². The molecule has 2 saturated heterocycles. The molecule has 0 spiro atoms. The Kier molecular flexibility index (Phi) is 5.15. The Morgan fingerprint density at radius 1 is 1.11 bits per heavy atom. The topological polar surface area (TPSA) is 64.7 Å². The third-order valence-electron chi connectivity index (χ3n) is 5.71. The third-order valence-corrected chi connectivity index (χ3v) is 5.71. The van der Waals surface area contributed by atoms with Gasteiger partial charge in [0.2, 0.25) is 11.8 Å². The lowest BCUT2D eigenvalue weighted by Gasteiger charge is -2.37. The molecule has 3 unspecified atom stereocenters. The molecule has 2 N–H and O–H groups in total. The van der Waals surface area contributed by atoms with E-state index in [0.29, 0.717) is 13.1 Å². The molecule has 2 aliphatic heterocycles. The number of likely N-dealkylation sites (tertiary alicyclic amines) is 1. The van der Waals surface area contributed by atoms with Crippen molar-refractivity contribution in [3.63, 3.8) is 0 Å². The average Bonchev–Trinajstić information content (AvgIpc) is 3.06. The number of amides is 2. The van der Waals surface area contributed by atoms with Crippen molar-refractivity contribution in [2.45, 2.75) is 19.9 Å². The van der Waals surface area contributed by atoms with Crippen LogP contribution in [0.25, 0.3) is 0 Å². The number of benzene rings is 2. The van der Waals surface area contributed by atoms with Crippen molar-refractivity contribution >= 4 is 23.2 Å². The summed E-state index contributed by atoms with van der Waals surface area (Å²) in [5, 5.41) is 4.64. The van der Waals surface area contributed by atoms with Crippen molar-refractivity contribution in [1.29, 1.82) is 0 Å². The summed E-state index contributed by atoms with van der Waals surface area (Å²) < 4.78 is 0. The molecule has 28 heavy (non-hydrogen) atoms. The molecule has 2 aromatic rings. The molecule has 2 amide bonds. The highest BCUT2D eigenvalue weighted by Gasteiger charge is 2.50. The maximum absolute atomic E-state index is 13.1. The lowest BCUT2D eigenvalue weighted by molar-refractivity contribution is -0.126. The van der Waals surface area contributed by atoms with Crippen molar-refractivity contribution in [3.05, 3.63) is 60.2 Å². The minimum atomic E-state index is -0.308. The first kappa shape index (κ1) is 18.7. The molecule has 4 rings (SSSR count). The lowest BCUT2D eigenvalue weighted by Crippen LogP contribution is -2.55. The highest BCUT2D eigenvalue weighted by molar-refractivity contribution is 5.99. The summed E-state index contributed by atoms with van der Waals surface area (Å²) in [7, 11) is 0. The largest absolute Gasteiger partial charge is 0.326 e. The van der Waals surface area contributed by atoms with E-state index in [1.807, 2.05) is 61.5 Å². The minimum Gasteiger partial charge on any atom is -0.326 e. The number of anilines is 2. The Morgan fingerprint density at radius 3 is 2.50 bits per heavy atom. The van der Waals surface area contributed by atoms with Gasteiger partial charge in [0.25, 0.3) is 0 Å². The number of nitrogens with one attached hydrogen (secondary N) is 2. The monoisotopic (exact) mass is 378 g/mol. The Balaban J connectivity index is 1.57. The molecule has 2 fully saturated rings. The van der Waals surface area contributed by atoms with Crippen LogP contribution in [-0.4, -0.2) is 42.4 Å². The van der Waals surface area contributed by atoms with E-state index in [4.69, 9.17) is 0 Å². The molecule has 2 aromatic carbocycles. The van der Waals surface area contributed by atoms with E-state index < -0.39 is 0 Å². The first-order chi connectivity index (χ1) is 13.6. The minimum absolute atomic E-state index is 0.0301. The van der Waals surface area contributed by atoms with Crippen molar-refractivity contribution in [3.8, 4) is 0 Å². The molecule has 6 heteroatoms. The summed E-state index contributed by atoms with van der Waals surface area (Å²) in [5.74, 6) is -0.560. The number of hydrazine groups is 1. The number of fused-ring (bicyclic) bond motifs is 1. The van der Waals surface area contributed by atoms with Crippen molar-refractivity contribution in [2.75, 3.05) is 30.0 Å². The van der Waals surface area contributed by atoms with Crippen LogP contribution in [0.3, 0.4) is 0 Å². The summed E-state index contributed by atoms with van der Waals surface area (Å²) >= 11 is 0. The van der Waals surface area contributed by atoms with Gasteiger partial charge in [0.1, 0.15) is 0 Å². The normalized spacial score (nSPS) is 24.9. The van der Waals surface area contributed by atoms with Crippen molar-refractivity contribution < 1.29 is 9.59 Å². The summed E-state index contributed by atoms with van der Waals surface area (Å²) in [4.78, 5) is 28.4. The number of aryl methyl sites for hydroxylation is 1. The van der Waals surface area contributed by atoms with Gasteiger partial charge in [-0.25, -0.2) is 10.4 Å². The molecule has 6 nitrogen and oxygen atoms in total. The molecule has 0 bridgehead atoms. The standard InChI is InChI=1S/C22H26N4O2/c1-3-25-13-18(21(27)23-16-11-9-15(2)10-12-16)20-19(14-25)22(28)26(24-20)17-7-5-4-6-8-17/h4-12,18-20,24H,3,13-14H2,1-2H3,(H,23,27). The van der Waals surface area contributed by atoms with Crippen LogP contribution in [-0.2, 0) is 9.59 Å².